The summed E-state index contributed by atoms with van der Waals surface area (Å²) in [4.78, 5) is 12.3. The fraction of sp³-hybridized carbons (Fsp3) is 0.263. The summed E-state index contributed by atoms with van der Waals surface area (Å²) < 4.78 is 20.6. The average Bonchev–Trinajstić information content (AvgIpc) is 3.14. The molecule has 0 saturated heterocycles. The smallest absolute Gasteiger partial charge is 0.251 e. The van der Waals surface area contributed by atoms with Crippen molar-refractivity contribution in [1.29, 1.82) is 0 Å². The molecule has 0 saturated carbocycles. The summed E-state index contributed by atoms with van der Waals surface area (Å²) in [5.41, 5.74) is 1.14. The molecule has 0 fully saturated rings. The van der Waals surface area contributed by atoms with Crippen LogP contribution in [0.25, 0.3) is 0 Å². The van der Waals surface area contributed by atoms with Crippen molar-refractivity contribution in [1.82, 2.24) is 25.5 Å². The maximum absolute atomic E-state index is 13.2. The largest absolute Gasteiger partial charge is 0.486 e. The van der Waals surface area contributed by atoms with Gasteiger partial charge in [0.25, 0.3) is 5.91 Å². The lowest BCUT2D eigenvalue weighted by Gasteiger charge is -2.10. The first-order chi connectivity index (χ1) is 13.0. The number of nitrogens with zero attached hydrogens (tertiary/aromatic N) is 4. The van der Waals surface area contributed by atoms with Gasteiger partial charge in [-0.25, -0.2) is 9.07 Å². The van der Waals surface area contributed by atoms with E-state index in [-0.39, 0.29) is 30.9 Å². The van der Waals surface area contributed by atoms with Crippen LogP contribution in [0.1, 0.15) is 41.6 Å². The van der Waals surface area contributed by atoms with Gasteiger partial charge in [-0.15, -0.1) is 5.10 Å². The first-order valence-electron chi connectivity index (χ1n) is 8.55. The van der Waals surface area contributed by atoms with Crippen molar-refractivity contribution in [3.63, 3.8) is 0 Å². The maximum atomic E-state index is 13.2. The van der Waals surface area contributed by atoms with Crippen LogP contribution in [0.5, 0.6) is 5.75 Å². The van der Waals surface area contributed by atoms with E-state index in [0.29, 0.717) is 22.7 Å². The van der Waals surface area contributed by atoms with Crippen LogP contribution in [-0.4, -0.2) is 26.1 Å². The summed E-state index contributed by atoms with van der Waals surface area (Å²) in [6, 6.07) is 13.1. The number of nitrogens with one attached hydrogen (secondary N) is 1. The fourth-order valence-corrected chi connectivity index (χ4v) is 2.51. The number of rotatable bonds is 7. The molecule has 2 aromatic carbocycles. The van der Waals surface area contributed by atoms with Crippen LogP contribution >= 0.6 is 0 Å². The van der Waals surface area contributed by atoms with E-state index in [9.17, 15) is 9.18 Å². The van der Waals surface area contributed by atoms with Crippen molar-refractivity contribution in [3.8, 4) is 5.75 Å². The van der Waals surface area contributed by atoms with E-state index in [2.05, 4.69) is 20.8 Å². The van der Waals surface area contributed by atoms with Crippen LogP contribution in [-0.2, 0) is 13.2 Å². The highest BCUT2D eigenvalue weighted by atomic mass is 19.1. The van der Waals surface area contributed by atoms with E-state index in [0.717, 1.165) is 0 Å². The number of carbonyl (C=O) groups is 1. The average molecular weight is 369 g/mol. The summed E-state index contributed by atoms with van der Waals surface area (Å²) in [5, 5.41) is 14.3. The number of aromatic nitrogens is 4. The van der Waals surface area contributed by atoms with Gasteiger partial charge in [0.1, 0.15) is 18.2 Å². The van der Waals surface area contributed by atoms with Crippen molar-refractivity contribution in [2.24, 2.45) is 0 Å². The predicted molar refractivity (Wildman–Crippen MR) is 96.5 cm³/mol. The molecule has 1 N–H and O–H groups in total. The third-order valence-corrected chi connectivity index (χ3v) is 3.86. The second-order valence-corrected chi connectivity index (χ2v) is 6.26. The molecule has 140 valence electrons. The minimum absolute atomic E-state index is 0.124. The Kier molecular flexibility index (Phi) is 5.75. The molecule has 0 atom stereocenters. The van der Waals surface area contributed by atoms with Crippen molar-refractivity contribution >= 4 is 5.91 Å². The number of tetrazole rings is 1. The van der Waals surface area contributed by atoms with E-state index >= 15 is 0 Å². The number of ether oxygens (including phenoxy) is 1. The minimum atomic E-state index is -0.333. The van der Waals surface area contributed by atoms with Gasteiger partial charge in [-0.3, -0.25) is 4.79 Å². The van der Waals surface area contributed by atoms with Gasteiger partial charge < -0.3 is 10.1 Å². The lowest BCUT2D eigenvalue weighted by Crippen LogP contribution is -2.22. The molecular weight excluding hydrogens is 349 g/mol. The van der Waals surface area contributed by atoms with Crippen LogP contribution < -0.4 is 10.1 Å². The van der Waals surface area contributed by atoms with Crippen LogP contribution in [0.15, 0.2) is 48.5 Å². The van der Waals surface area contributed by atoms with E-state index < -0.39 is 0 Å². The Balaban J connectivity index is 1.61. The normalized spacial score (nSPS) is 10.8. The lowest BCUT2D eigenvalue weighted by molar-refractivity contribution is 0.0950. The summed E-state index contributed by atoms with van der Waals surface area (Å²) in [7, 11) is 0. The molecule has 0 radical (unpaired) electrons. The molecule has 3 aromatic rings. The Bertz CT molecular complexity index is 926. The van der Waals surface area contributed by atoms with Crippen LogP contribution in [0.3, 0.4) is 0 Å². The van der Waals surface area contributed by atoms with E-state index in [4.69, 9.17) is 4.74 Å². The van der Waals surface area contributed by atoms with Gasteiger partial charge in [-0.2, -0.15) is 0 Å². The quantitative estimate of drug-likeness (QED) is 0.692. The highest BCUT2D eigenvalue weighted by Crippen LogP contribution is 2.16. The fourth-order valence-electron chi connectivity index (χ4n) is 2.51. The maximum Gasteiger partial charge on any atom is 0.251 e. The number of carbonyl (C=O) groups excluding carboxylic acids is 1. The Morgan fingerprint density at radius 1 is 1.22 bits per heavy atom. The molecule has 27 heavy (non-hydrogen) atoms. The lowest BCUT2D eigenvalue weighted by atomic mass is 10.2. The van der Waals surface area contributed by atoms with E-state index in [1.54, 1.807) is 41.1 Å². The van der Waals surface area contributed by atoms with Gasteiger partial charge >= 0.3 is 0 Å². The molecule has 0 aliphatic heterocycles. The van der Waals surface area contributed by atoms with Crippen LogP contribution in [0.2, 0.25) is 0 Å². The third kappa shape index (κ3) is 4.87. The Morgan fingerprint density at radius 2 is 2.04 bits per heavy atom. The van der Waals surface area contributed by atoms with Gasteiger partial charge in [-0.1, -0.05) is 18.2 Å². The molecule has 0 aliphatic rings. The molecule has 0 aliphatic carbocycles. The van der Waals surface area contributed by atoms with Crippen molar-refractivity contribution < 1.29 is 13.9 Å². The van der Waals surface area contributed by atoms with Crippen molar-refractivity contribution in [2.45, 2.75) is 33.0 Å². The Labute approximate surface area is 156 Å². The predicted octanol–water partition coefficient (Wildman–Crippen LogP) is 2.90. The van der Waals surface area contributed by atoms with Crippen molar-refractivity contribution in [2.75, 3.05) is 0 Å². The standard InChI is InChI=1S/C19H20FN5O2/c1-13(2)25-18(22-23-24-25)12-27-17-8-4-6-15(10-17)19(26)21-11-14-5-3-7-16(20)9-14/h3-10,13H,11-12H2,1-2H3,(H,21,26). The summed E-state index contributed by atoms with van der Waals surface area (Å²) in [6.45, 7) is 4.39. The van der Waals surface area contributed by atoms with Crippen LogP contribution in [0.4, 0.5) is 4.39 Å². The minimum Gasteiger partial charge on any atom is -0.486 e. The van der Waals surface area contributed by atoms with E-state index in [1.165, 1.54) is 12.1 Å². The molecule has 1 amide bonds. The SMILES string of the molecule is CC(C)n1nnnc1COc1cccc(C(=O)NCc2cccc(F)c2)c1. The van der Waals surface area contributed by atoms with Gasteiger partial charge in [0, 0.05) is 12.1 Å². The van der Waals surface area contributed by atoms with E-state index in [1.807, 2.05) is 13.8 Å². The molecule has 0 bridgehead atoms. The monoisotopic (exact) mass is 369 g/mol. The van der Waals surface area contributed by atoms with Crippen LogP contribution in [0, 0.1) is 5.82 Å². The topological polar surface area (TPSA) is 81.9 Å². The molecule has 1 aromatic heterocycles. The zero-order chi connectivity index (χ0) is 19.2. The second kappa shape index (κ2) is 8.39. The number of hydrogen-bond acceptors (Lipinski definition) is 5. The molecule has 0 unspecified atom stereocenters. The number of amides is 1. The number of hydrogen-bond donors (Lipinski definition) is 1. The zero-order valence-electron chi connectivity index (χ0n) is 15.1. The Hall–Kier alpha value is -3.29. The first kappa shape index (κ1) is 18.5. The van der Waals surface area contributed by atoms with Gasteiger partial charge in [0.15, 0.2) is 5.82 Å². The van der Waals surface area contributed by atoms with Crippen molar-refractivity contribution in [3.05, 3.63) is 71.3 Å². The third-order valence-electron chi connectivity index (χ3n) is 3.86. The summed E-state index contributed by atoms with van der Waals surface area (Å²) >= 11 is 0. The molecule has 7 nitrogen and oxygen atoms in total. The number of benzene rings is 2. The summed E-state index contributed by atoms with van der Waals surface area (Å²) in [6.07, 6.45) is 0. The highest BCUT2D eigenvalue weighted by Gasteiger charge is 2.11. The second-order valence-electron chi connectivity index (χ2n) is 6.26. The molecule has 1 heterocycles. The molecule has 0 spiro atoms. The molecule has 8 heteroatoms. The summed E-state index contributed by atoms with van der Waals surface area (Å²) in [5.74, 6) is 0.537. The molecule has 3 rings (SSSR count). The Morgan fingerprint density at radius 3 is 2.81 bits per heavy atom. The first-order valence-corrected chi connectivity index (χ1v) is 8.55. The highest BCUT2D eigenvalue weighted by molar-refractivity contribution is 5.94. The van der Waals surface area contributed by atoms with Gasteiger partial charge in [-0.05, 0) is 60.2 Å². The number of halogens is 1. The van der Waals surface area contributed by atoms with Gasteiger partial charge in [0.2, 0.25) is 0 Å². The van der Waals surface area contributed by atoms with Gasteiger partial charge in [0.05, 0.1) is 6.04 Å². The molecular formula is C19H20FN5O2. The zero-order valence-corrected chi connectivity index (χ0v) is 15.1.